The molecule has 0 bridgehead atoms. The van der Waals surface area contributed by atoms with Crippen molar-refractivity contribution in [1.29, 1.82) is 0 Å². The molecule has 0 saturated carbocycles. The molecule has 51 heavy (non-hydrogen) atoms. The van der Waals surface area contributed by atoms with Gasteiger partial charge in [-0.25, -0.2) is 19.3 Å². The fourth-order valence-electron chi connectivity index (χ4n) is 7.04. The minimum atomic E-state index is -1.01. The number of halogens is 1. The van der Waals surface area contributed by atoms with Gasteiger partial charge in [0, 0.05) is 79.6 Å². The number of amides is 2. The van der Waals surface area contributed by atoms with E-state index in [1.165, 1.54) is 19.2 Å². The Morgan fingerprint density at radius 1 is 1.04 bits per heavy atom. The summed E-state index contributed by atoms with van der Waals surface area (Å²) in [7, 11) is 1.46. The highest BCUT2D eigenvalue weighted by Crippen LogP contribution is 2.35. The molecule has 2 amide bonds. The normalized spacial score (nSPS) is 19.8. The van der Waals surface area contributed by atoms with Crippen molar-refractivity contribution >= 4 is 39.9 Å². The molecule has 2 N–H and O–H groups in total. The topological polar surface area (TPSA) is 145 Å². The van der Waals surface area contributed by atoms with Crippen LogP contribution in [0.4, 0.5) is 15.9 Å². The quantitative estimate of drug-likeness (QED) is 0.167. The minimum absolute atomic E-state index is 0.0166. The number of nitrogens with zero attached hydrogens (tertiary/aromatic N) is 8. The van der Waals surface area contributed by atoms with Crippen molar-refractivity contribution in [2.75, 3.05) is 56.6 Å². The summed E-state index contributed by atoms with van der Waals surface area (Å²) in [6.07, 6.45) is 5.66. The molecule has 0 radical (unpaired) electrons. The number of aromatic amines is 1. The molecular formula is C37H39FN10O3. The lowest BCUT2D eigenvalue weighted by atomic mass is 9.81. The number of piperazine rings is 1. The van der Waals surface area contributed by atoms with Gasteiger partial charge in [-0.3, -0.25) is 19.6 Å². The standard InChI is InChI=1S/C37H39FN10O3/c1-24-21-47(32-12-7-27(20-41-32)35-39-14-4-15-40-35)17-18-48(24)33(49)22-46-16-13-37(23-46,25(2)45-51-3)36(50)42-29-10-11-31-30(19-29)34(44-43-31)26-5-8-28(38)9-6-26/h4-12,14-15,19-20,24H,13,16-18,21-23H2,1-3H3,(H,42,50)(H,43,44). The average Bonchev–Trinajstić information content (AvgIpc) is 3.78. The van der Waals surface area contributed by atoms with Gasteiger partial charge in [0.1, 0.15) is 24.2 Å². The van der Waals surface area contributed by atoms with Crippen LogP contribution in [0.25, 0.3) is 33.5 Å². The summed E-state index contributed by atoms with van der Waals surface area (Å²) >= 11 is 0. The number of carbonyl (C=O) groups excluding carboxylic acids is 2. The summed E-state index contributed by atoms with van der Waals surface area (Å²) in [5.41, 5.74) is 3.15. The van der Waals surface area contributed by atoms with Gasteiger partial charge in [0.2, 0.25) is 11.8 Å². The molecular weight excluding hydrogens is 651 g/mol. The predicted molar refractivity (Wildman–Crippen MR) is 192 cm³/mol. The maximum atomic E-state index is 14.1. The van der Waals surface area contributed by atoms with Gasteiger partial charge in [-0.2, -0.15) is 5.10 Å². The van der Waals surface area contributed by atoms with E-state index in [0.29, 0.717) is 62.1 Å². The molecule has 3 aromatic heterocycles. The fraction of sp³-hybridized carbons (Fsp3) is 0.324. The van der Waals surface area contributed by atoms with Gasteiger partial charge in [-0.05, 0) is 80.9 Å². The van der Waals surface area contributed by atoms with Crippen molar-refractivity contribution in [2.24, 2.45) is 10.6 Å². The highest BCUT2D eigenvalue weighted by atomic mass is 19.1. The maximum Gasteiger partial charge on any atom is 0.237 e. The van der Waals surface area contributed by atoms with E-state index in [-0.39, 0.29) is 30.2 Å². The number of likely N-dealkylation sites (tertiary alicyclic amines) is 1. The number of benzene rings is 2. The van der Waals surface area contributed by atoms with Crippen LogP contribution in [0.2, 0.25) is 0 Å². The monoisotopic (exact) mass is 690 g/mol. The van der Waals surface area contributed by atoms with Crippen molar-refractivity contribution in [3.63, 3.8) is 0 Å². The molecule has 2 unspecified atom stereocenters. The first-order valence-corrected chi connectivity index (χ1v) is 16.9. The molecule has 2 saturated heterocycles. The third-order valence-corrected chi connectivity index (χ3v) is 9.84. The van der Waals surface area contributed by atoms with E-state index in [2.05, 4.69) is 40.5 Å². The average molecular weight is 691 g/mol. The summed E-state index contributed by atoms with van der Waals surface area (Å²) in [5.74, 6) is 0.921. The molecule has 14 heteroatoms. The predicted octanol–water partition coefficient (Wildman–Crippen LogP) is 4.61. The Labute approximate surface area is 294 Å². The Bertz CT molecular complexity index is 2060. The van der Waals surface area contributed by atoms with Gasteiger partial charge in [0.15, 0.2) is 5.82 Å². The third-order valence-electron chi connectivity index (χ3n) is 9.84. The molecule has 7 rings (SSSR count). The fourth-order valence-corrected chi connectivity index (χ4v) is 7.04. The van der Waals surface area contributed by atoms with Crippen molar-refractivity contribution < 1.29 is 18.8 Å². The molecule has 0 spiro atoms. The Kier molecular flexibility index (Phi) is 9.41. The molecule has 2 fully saturated rings. The van der Waals surface area contributed by atoms with Gasteiger partial charge in [-0.1, -0.05) is 5.16 Å². The zero-order valence-electron chi connectivity index (χ0n) is 28.7. The second kappa shape index (κ2) is 14.2. The number of aromatic nitrogens is 5. The first-order chi connectivity index (χ1) is 24.7. The van der Waals surface area contributed by atoms with Crippen LogP contribution in [0.15, 0.2) is 84.4 Å². The number of hydrogen-bond acceptors (Lipinski definition) is 10. The van der Waals surface area contributed by atoms with Crippen LogP contribution in [0.3, 0.4) is 0 Å². The van der Waals surface area contributed by atoms with Crippen LogP contribution in [-0.2, 0) is 14.4 Å². The lowest BCUT2D eigenvalue weighted by molar-refractivity contribution is -0.135. The van der Waals surface area contributed by atoms with E-state index in [1.54, 1.807) is 43.7 Å². The number of oxime groups is 1. The lowest BCUT2D eigenvalue weighted by Crippen LogP contribution is -2.56. The second-order valence-electron chi connectivity index (χ2n) is 13.1. The van der Waals surface area contributed by atoms with Crippen LogP contribution in [0, 0.1) is 11.2 Å². The highest BCUT2D eigenvalue weighted by Gasteiger charge is 2.48. The van der Waals surface area contributed by atoms with E-state index in [4.69, 9.17) is 4.84 Å². The van der Waals surface area contributed by atoms with E-state index >= 15 is 0 Å². The molecule has 2 aromatic carbocycles. The first kappa shape index (κ1) is 33.7. The Balaban J connectivity index is 1.01. The molecule has 0 aliphatic carbocycles. The van der Waals surface area contributed by atoms with Crippen molar-refractivity contribution in [1.82, 2.24) is 34.9 Å². The van der Waals surface area contributed by atoms with Crippen LogP contribution in [0.1, 0.15) is 20.3 Å². The van der Waals surface area contributed by atoms with Crippen LogP contribution in [-0.4, -0.2) is 105 Å². The summed E-state index contributed by atoms with van der Waals surface area (Å²) in [6.45, 7) is 6.74. The Morgan fingerprint density at radius 2 is 1.82 bits per heavy atom. The van der Waals surface area contributed by atoms with Crippen molar-refractivity contribution in [3.8, 4) is 22.6 Å². The number of fused-ring (bicyclic) bond motifs is 1. The number of H-pyrrole nitrogens is 1. The molecule has 5 aromatic rings. The summed E-state index contributed by atoms with van der Waals surface area (Å²) in [6, 6.07) is 17.3. The lowest BCUT2D eigenvalue weighted by Gasteiger charge is -2.41. The Morgan fingerprint density at radius 3 is 2.55 bits per heavy atom. The van der Waals surface area contributed by atoms with Crippen molar-refractivity contribution in [2.45, 2.75) is 26.3 Å². The number of hydrogen-bond donors (Lipinski definition) is 2. The minimum Gasteiger partial charge on any atom is -0.399 e. The number of anilines is 2. The maximum absolute atomic E-state index is 14.1. The molecule has 2 atom stereocenters. The summed E-state index contributed by atoms with van der Waals surface area (Å²) < 4.78 is 13.6. The number of pyridine rings is 1. The van der Waals surface area contributed by atoms with Crippen LogP contribution < -0.4 is 10.2 Å². The smallest absolute Gasteiger partial charge is 0.237 e. The van der Waals surface area contributed by atoms with Gasteiger partial charge >= 0.3 is 0 Å². The number of carbonyl (C=O) groups is 2. The molecule has 2 aliphatic rings. The van der Waals surface area contributed by atoms with Crippen LogP contribution in [0.5, 0.6) is 0 Å². The van der Waals surface area contributed by atoms with E-state index in [1.807, 2.05) is 47.1 Å². The molecule has 2 aliphatic heterocycles. The number of rotatable bonds is 9. The second-order valence-corrected chi connectivity index (χ2v) is 13.1. The van der Waals surface area contributed by atoms with Gasteiger partial charge in [0.05, 0.1) is 23.5 Å². The zero-order chi connectivity index (χ0) is 35.5. The summed E-state index contributed by atoms with van der Waals surface area (Å²) in [4.78, 5) is 52.3. The molecule has 262 valence electrons. The van der Waals surface area contributed by atoms with Gasteiger partial charge < -0.3 is 20.0 Å². The van der Waals surface area contributed by atoms with Crippen molar-refractivity contribution in [3.05, 3.63) is 85.1 Å². The van der Waals surface area contributed by atoms with E-state index in [9.17, 15) is 14.0 Å². The third kappa shape index (κ3) is 6.86. The SMILES string of the molecule is CON=C(C)C1(C(=O)Nc2ccc3[nH]nc(-c4ccc(F)cc4)c3c2)CCN(CC(=O)N2CCN(c3ccc(-c4ncccn4)cn3)CC2C)C1. The van der Waals surface area contributed by atoms with Crippen LogP contribution >= 0.6 is 0 Å². The largest absolute Gasteiger partial charge is 0.399 e. The molecule has 13 nitrogen and oxygen atoms in total. The van der Waals surface area contributed by atoms with E-state index in [0.717, 1.165) is 27.8 Å². The highest BCUT2D eigenvalue weighted by molar-refractivity contribution is 6.13. The Hall–Kier alpha value is -5.76. The number of nitrogens with one attached hydrogen (secondary N) is 2. The first-order valence-electron chi connectivity index (χ1n) is 16.9. The summed E-state index contributed by atoms with van der Waals surface area (Å²) in [5, 5.41) is 15.5. The van der Waals surface area contributed by atoms with Gasteiger partial charge in [-0.15, -0.1) is 0 Å². The molecule has 5 heterocycles. The zero-order valence-corrected chi connectivity index (χ0v) is 28.7. The van der Waals surface area contributed by atoms with E-state index < -0.39 is 5.41 Å². The van der Waals surface area contributed by atoms with Gasteiger partial charge in [0.25, 0.3) is 0 Å².